The van der Waals surface area contributed by atoms with Gasteiger partial charge < -0.3 is 5.32 Å². The zero-order valence-corrected chi connectivity index (χ0v) is 18.1. The number of hydrogen-bond donors (Lipinski definition) is 2. The summed E-state index contributed by atoms with van der Waals surface area (Å²) in [6.45, 7) is 2.55. The maximum absolute atomic E-state index is 11.6. The Morgan fingerprint density at radius 2 is 1.33 bits per heavy atom. The molecule has 160 valence electrons. The fourth-order valence-electron chi connectivity index (χ4n) is 2.93. The third-order valence-electron chi connectivity index (χ3n) is 4.57. The molecule has 0 heterocycles. The van der Waals surface area contributed by atoms with Gasteiger partial charge in [0.25, 0.3) is 10.1 Å². The highest BCUT2D eigenvalue weighted by atomic mass is 32.2. The van der Waals surface area contributed by atoms with Crippen LogP contribution >= 0.6 is 0 Å². The number of carbonyl (C=O) groups is 1. The van der Waals surface area contributed by atoms with E-state index in [0.29, 0.717) is 13.0 Å². The van der Waals surface area contributed by atoms with Gasteiger partial charge in [0, 0.05) is 13.0 Å². The Hall–Kier alpha value is -0.880. The molecule has 5 nitrogen and oxygen atoms in total. The van der Waals surface area contributed by atoms with Crippen LogP contribution in [0, 0.1) is 0 Å². The van der Waals surface area contributed by atoms with E-state index in [1.165, 1.54) is 57.8 Å². The predicted octanol–water partition coefficient (Wildman–Crippen LogP) is 5.42. The van der Waals surface area contributed by atoms with Crippen molar-refractivity contribution in [3.8, 4) is 0 Å². The van der Waals surface area contributed by atoms with Crippen LogP contribution in [0.15, 0.2) is 12.2 Å². The van der Waals surface area contributed by atoms with Crippen molar-refractivity contribution in [3.05, 3.63) is 12.2 Å². The lowest BCUT2D eigenvalue weighted by Crippen LogP contribution is -2.25. The number of hydrogen-bond acceptors (Lipinski definition) is 3. The first-order chi connectivity index (χ1) is 13.0. The van der Waals surface area contributed by atoms with Gasteiger partial charge in [-0.3, -0.25) is 9.35 Å². The molecule has 0 radical (unpaired) electrons. The highest BCUT2D eigenvalue weighted by molar-refractivity contribution is 7.85. The van der Waals surface area contributed by atoms with Gasteiger partial charge in [-0.15, -0.1) is 0 Å². The first-order valence-electron chi connectivity index (χ1n) is 10.8. The van der Waals surface area contributed by atoms with E-state index < -0.39 is 10.1 Å². The molecule has 0 saturated carbocycles. The molecule has 0 rings (SSSR count). The average Bonchev–Trinajstić information content (AvgIpc) is 2.61. The van der Waals surface area contributed by atoms with Crippen LogP contribution in [0.5, 0.6) is 0 Å². The molecule has 0 aromatic heterocycles. The molecule has 0 aliphatic carbocycles. The Balaban J connectivity index is 3.28. The first kappa shape index (κ1) is 26.1. The summed E-state index contributed by atoms with van der Waals surface area (Å²) in [5.41, 5.74) is 0. The Labute approximate surface area is 167 Å². The fraction of sp³-hybridized carbons (Fsp3) is 0.857. The van der Waals surface area contributed by atoms with Gasteiger partial charge >= 0.3 is 0 Å². The van der Waals surface area contributed by atoms with Crippen molar-refractivity contribution in [2.75, 3.05) is 12.3 Å². The number of nitrogens with one attached hydrogen (secondary N) is 1. The summed E-state index contributed by atoms with van der Waals surface area (Å²) < 4.78 is 29.7. The monoisotopic (exact) mass is 403 g/mol. The molecule has 0 saturated heterocycles. The SMILES string of the molecule is CCCCCCCC/C=C/CCCCCCCC(=O)NCCCS(=O)(=O)O. The number of carbonyl (C=O) groups excluding carboxylic acids is 1. The van der Waals surface area contributed by atoms with Crippen LogP contribution in [0.25, 0.3) is 0 Å². The highest BCUT2D eigenvalue weighted by Crippen LogP contribution is 2.09. The standard InChI is InChI=1S/C21H41NO4S/c1-2-3-4-5-6-7-8-9-10-11-12-13-14-15-16-18-21(23)22-19-17-20-27(24,25)26/h9-10H,2-8,11-20H2,1H3,(H,22,23)(H,24,25,26)/b10-9+. The topological polar surface area (TPSA) is 83.5 Å². The quantitative estimate of drug-likeness (QED) is 0.171. The maximum atomic E-state index is 11.6. The lowest BCUT2D eigenvalue weighted by atomic mass is 10.1. The summed E-state index contributed by atoms with van der Waals surface area (Å²) in [7, 11) is -3.92. The van der Waals surface area contributed by atoms with Crippen LogP contribution in [0.1, 0.15) is 103 Å². The van der Waals surface area contributed by atoms with Crippen LogP contribution in [0.3, 0.4) is 0 Å². The van der Waals surface area contributed by atoms with Crippen molar-refractivity contribution >= 4 is 16.0 Å². The minimum Gasteiger partial charge on any atom is -0.356 e. The van der Waals surface area contributed by atoms with Gasteiger partial charge in [0.1, 0.15) is 0 Å². The average molecular weight is 404 g/mol. The van der Waals surface area contributed by atoms with E-state index in [4.69, 9.17) is 4.55 Å². The highest BCUT2D eigenvalue weighted by Gasteiger charge is 2.05. The third-order valence-corrected chi connectivity index (χ3v) is 5.37. The number of amides is 1. The van der Waals surface area contributed by atoms with E-state index in [-0.39, 0.29) is 18.1 Å². The smallest absolute Gasteiger partial charge is 0.264 e. The summed E-state index contributed by atoms with van der Waals surface area (Å²) in [4.78, 5) is 11.6. The molecule has 0 atom stereocenters. The van der Waals surface area contributed by atoms with Gasteiger partial charge in [-0.2, -0.15) is 8.42 Å². The van der Waals surface area contributed by atoms with Gasteiger partial charge in [-0.1, -0.05) is 70.4 Å². The molecule has 1 amide bonds. The molecule has 0 unspecified atom stereocenters. The van der Waals surface area contributed by atoms with Gasteiger partial charge in [0.2, 0.25) is 5.91 Å². The normalized spacial score (nSPS) is 11.9. The molecule has 0 aromatic rings. The minimum atomic E-state index is -3.92. The second-order valence-corrected chi connectivity index (χ2v) is 8.90. The maximum Gasteiger partial charge on any atom is 0.264 e. The van der Waals surface area contributed by atoms with E-state index in [0.717, 1.165) is 25.7 Å². The molecule has 0 aromatic carbocycles. The second kappa shape index (κ2) is 18.5. The van der Waals surface area contributed by atoms with Crippen LogP contribution in [0.2, 0.25) is 0 Å². The molecule has 6 heteroatoms. The Morgan fingerprint density at radius 1 is 0.815 bits per heavy atom. The van der Waals surface area contributed by atoms with Gasteiger partial charge in [0.15, 0.2) is 0 Å². The van der Waals surface area contributed by atoms with Crippen molar-refractivity contribution < 1.29 is 17.8 Å². The Bertz CT molecular complexity index is 475. The van der Waals surface area contributed by atoms with Crippen LogP contribution in [-0.4, -0.2) is 31.2 Å². The lowest BCUT2D eigenvalue weighted by molar-refractivity contribution is -0.121. The predicted molar refractivity (Wildman–Crippen MR) is 113 cm³/mol. The molecule has 0 spiro atoms. The summed E-state index contributed by atoms with van der Waals surface area (Å²) in [5, 5.41) is 2.68. The third kappa shape index (κ3) is 23.1. The minimum absolute atomic E-state index is 0.0389. The summed E-state index contributed by atoms with van der Waals surface area (Å²) in [5.74, 6) is -0.344. The molecular weight excluding hydrogens is 362 g/mol. The second-order valence-electron chi connectivity index (χ2n) is 7.32. The number of unbranched alkanes of at least 4 members (excludes halogenated alkanes) is 11. The molecule has 2 N–H and O–H groups in total. The molecule has 0 aliphatic rings. The van der Waals surface area contributed by atoms with Crippen LogP contribution in [-0.2, 0) is 14.9 Å². The molecule has 0 fully saturated rings. The molecule has 0 aliphatic heterocycles. The van der Waals surface area contributed by atoms with Crippen molar-refractivity contribution in [2.24, 2.45) is 0 Å². The zero-order chi connectivity index (χ0) is 20.2. The van der Waals surface area contributed by atoms with Gasteiger partial charge in [-0.05, 0) is 38.5 Å². The zero-order valence-electron chi connectivity index (χ0n) is 17.3. The van der Waals surface area contributed by atoms with E-state index in [1.807, 2.05) is 0 Å². The molecule has 0 bridgehead atoms. The first-order valence-corrected chi connectivity index (χ1v) is 12.4. The lowest BCUT2D eigenvalue weighted by Gasteiger charge is -2.04. The molecule has 27 heavy (non-hydrogen) atoms. The van der Waals surface area contributed by atoms with Gasteiger partial charge in [-0.25, -0.2) is 0 Å². The van der Waals surface area contributed by atoms with Crippen molar-refractivity contribution in [1.29, 1.82) is 0 Å². The van der Waals surface area contributed by atoms with Crippen LogP contribution < -0.4 is 5.32 Å². The number of allylic oxidation sites excluding steroid dienone is 2. The van der Waals surface area contributed by atoms with Gasteiger partial charge in [0.05, 0.1) is 5.75 Å². The molecular formula is C21H41NO4S. The van der Waals surface area contributed by atoms with Crippen molar-refractivity contribution in [1.82, 2.24) is 5.32 Å². The fourth-order valence-corrected chi connectivity index (χ4v) is 3.44. The summed E-state index contributed by atoms with van der Waals surface area (Å²) in [6, 6.07) is 0. The number of rotatable bonds is 19. The Morgan fingerprint density at radius 3 is 1.89 bits per heavy atom. The van der Waals surface area contributed by atoms with Crippen LogP contribution in [0.4, 0.5) is 0 Å². The summed E-state index contributed by atoms with van der Waals surface area (Å²) >= 11 is 0. The van der Waals surface area contributed by atoms with E-state index in [9.17, 15) is 13.2 Å². The largest absolute Gasteiger partial charge is 0.356 e. The van der Waals surface area contributed by atoms with Crippen molar-refractivity contribution in [3.63, 3.8) is 0 Å². The van der Waals surface area contributed by atoms with E-state index in [1.54, 1.807) is 0 Å². The van der Waals surface area contributed by atoms with E-state index in [2.05, 4.69) is 24.4 Å². The van der Waals surface area contributed by atoms with Crippen molar-refractivity contribution in [2.45, 2.75) is 103 Å². The Kier molecular flexibility index (Phi) is 17.9. The van der Waals surface area contributed by atoms with E-state index >= 15 is 0 Å². The summed E-state index contributed by atoms with van der Waals surface area (Å²) in [6.07, 6.45) is 21.4.